The van der Waals surface area contributed by atoms with E-state index >= 15 is 0 Å². The van der Waals surface area contributed by atoms with Gasteiger partial charge in [-0.25, -0.2) is 0 Å². The smallest absolute Gasteiger partial charge is 0.0305 e. The Morgan fingerprint density at radius 3 is 2.62 bits per heavy atom. The molecule has 0 amide bonds. The normalized spacial score (nSPS) is 19.4. The van der Waals surface area contributed by atoms with E-state index in [4.69, 9.17) is 0 Å². The van der Waals surface area contributed by atoms with Gasteiger partial charge >= 0.3 is 0 Å². The molecule has 16 heavy (non-hydrogen) atoms. The lowest BCUT2D eigenvalue weighted by atomic mass is 10.1. The maximum atomic E-state index is 3.68. The quantitative estimate of drug-likeness (QED) is 0.849. The summed E-state index contributed by atoms with van der Waals surface area (Å²) in [6.45, 7) is 4.54. The first-order chi connectivity index (χ1) is 7.66. The third kappa shape index (κ3) is 3.33. The Morgan fingerprint density at radius 2 is 2.00 bits per heavy atom. The number of hydrogen-bond donors (Lipinski definition) is 1. The van der Waals surface area contributed by atoms with Crippen LogP contribution in [0.1, 0.15) is 44.7 Å². The second-order valence-electron chi connectivity index (χ2n) is 4.99. The lowest BCUT2D eigenvalue weighted by Crippen LogP contribution is -2.29. The van der Waals surface area contributed by atoms with Crippen molar-refractivity contribution in [1.29, 1.82) is 0 Å². The molecule has 2 atom stereocenters. The molecule has 1 aliphatic carbocycles. The molecule has 2 heteroatoms. The summed E-state index contributed by atoms with van der Waals surface area (Å²) in [4.78, 5) is 0. The maximum absolute atomic E-state index is 3.68. The first-order valence-electron chi connectivity index (χ1n) is 6.17. The Kier molecular flexibility index (Phi) is 4.04. The van der Waals surface area contributed by atoms with Gasteiger partial charge in [0.1, 0.15) is 0 Å². The van der Waals surface area contributed by atoms with Gasteiger partial charge in [0.2, 0.25) is 0 Å². The zero-order valence-corrected chi connectivity index (χ0v) is 11.6. The molecule has 0 aliphatic heterocycles. The van der Waals surface area contributed by atoms with Crippen LogP contribution in [0, 0.1) is 5.92 Å². The van der Waals surface area contributed by atoms with Gasteiger partial charge in [0.25, 0.3) is 0 Å². The standard InChI is InChI=1S/C14H20BrN/c1-10(9-12-7-8-12)16-11(2)13-5-3-4-6-14(13)15/h3-6,10-12,16H,7-9H2,1-2H3/t10?,11-/m0/s1. The molecular formula is C14H20BrN. The average Bonchev–Trinajstić information content (AvgIpc) is 3.01. The van der Waals surface area contributed by atoms with Crippen LogP contribution < -0.4 is 5.32 Å². The summed E-state index contributed by atoms with van der Waals surface area (Å²) in [6.07, 6.45) is 4.21. The van der Waals surface area contributed by atoms with Gasteiger partial charge in [0.05, 0.1) is 0 Å². The molecule has 0 radical (unpaired) electrons. The van der Waals surface area contributed by atoms with E-state index < -0.39 is 0 Å². The van der Waals surface area contributed by atoms with Crippen LogP contribution in [0.2, 0.25) is 0 Å². The fourth-order valence-electron chi connectivity index (χ4n) is 2.26. The number of halogens is 1. The third-order valence-corrected chi connectivity index (χ3v) is 4.01. The fourth-order valence-corrected chi connectivity index (χ4v) is 2.89. The molecule has 1 fully saturated rings. The van der Waals surface area contributed by atoms with Crippen molar-refractivity contribution in [3.63, 3.8) is 0 Å². The second-order valence-corrected chi connectivity index (χ2v) is 5.84. The predicted octanol–water partition coefficient (Wildman–Crippen LogP) is 4.29. The second kappa shape index (κ2) is 5.33. The first-order valence-corrected chi connectivity index (χ1v) is 6.96. The van der Waals surface area contributed by atoms with E-state index in [9.17, 15) is 0 Å². The average molecular weight is 282 g/mol. The summed E-state index contributed by atoms with van der Waals surface area (Å²) in [5.74, 6) is 0.994. The minimum Gasteiger partial charge on any atom is -0.308 e. The molecule has 1 saturated carbocycles. The van der Waals surface area contributed by atoms with Crippen molar-refractivity contribution in [1.82, 2.24) is 5.32 Å². The van der Waals surface area contributed by atoms with E-state index in [1.165, 1.54) is 29.3 Å². The molecule has 0 saturated heterocycles. The lowest BCUT2D eigenvalue weighted by molar-refractivity contribution is 0.438. The van der Waals surface area contributed by atoms with Crippen molar-refractivity contribution in [2.24, 2.45) is 5.92 Å². The maximum Gasteiger partial charge on any atom is 0.0305 e. The van der Waals surface area contributed by atoms with Gasteiger partial charge in [-0.1, -0.05) is 47.0 Å². The Balaban J connectivity index is 1.91. The highest BCUT2D eigenvalue weighted by Gasteiger charge is 2.24. The van der Waals surface area contributed by atoms with Gasteiger partial charge in [-0.3, -0.25) is 0 Å². The molecule has 0 spiro atoms. The van der Waals surface area contributed by atoms with Crippen LogP contribution in [0.15, 0.2) is 28.7 Å². The van der Waals surface area contributed by atoms with Crippen LogP contribution in [0.4, 0.5) is 0 Å². The first kappa shape index (κ1) is 12.1. The number of benzene rings is 1. The summed E-state index contributed by atoms with van der Waals surface area (Å²) in [6, 6.07) is 9.50. The van der Waals surface area contributed by atoms with E-state index in [2.05, 4.69) is 59.4 Å². The van der Waals surface area contributed by atoms with Gasteiger partial charge in [-0.05, 0) is 37.8 Å². The highest BCUT2D eigenvalue weighted by Crippen LogP contribution is 2.34. The molecule has 88 valence electrons. The Labute approximate surface area is 107 Å². The molecule has 1 aromatic rings. The van der Waals surface area contributed by atoms with Crippen molar-refractivity contribution >= 4 is 15.9 Å². The van der Waals surface area contributed by atoms with Gasteiger partial charge in [0.15, 0.2) is 0 Å². The molecule has 0 bridgehead atoms. The number of nitrogens with one attached hydrogen (secondary N) is 1. The monoisotopic (exact) mass is 281 g/mol. The van der Waals surface area contributed by atoms with E-state index in [-0.39, 0.29) is 0 Å². The summed E-state index contributed by atoms with van der Waals surface area (Å²) >= 11 is 3.61. The summed E-state index contributed by atoms with van der Waals surface area (Å²) in [5, 5.41) is 3.68. The zero-order chi connectivity index (χ0) is 11.5. The topological polar surface area (TPSA) is 12.0 Å². The molecule has 1 unspecified atom stereocenters. The van der Waals surface area contributed by atoms with Crippen LogP contribution in [0.3, 0.4) is 0 Å². The highest BCUT2D eigenvalue weighted by molar-refractivity contribution is 9.10. The predicted molar refractivity (Wildman–Crippen MR) is 72.5 cm³/mol. The lowest BCUT2D eigenvalue weighted by Gasteiger charge is -2.21. The van der Waals surface area contributed by atoms with Gasteiger partial charge in [-0.2, -0.15) is 0 Å². The van der Waals surface area contributed by atoms with Crippen LogP contribution in [-0.4, -0.2) is 6.04 Å². The minimum absolute atomic E-state index is 0.421. The molecule has 0 heterocycles. The largest absolute Gasteiger partial charge is 0.308 e. The van der Waals surface area contributed by atoms with Crippen LogP contribution in [-0.2, 0) is 0 Å². The van der Waals surface area contributed by atoms with Crippen LogP contribution >= 0.6 is 15.9 Å². The van der Waals surface area contributed by atoms with Gasteiger partial charge in [-0.15, -0.1) is 0 Å². The fraction of sp³-hybridized carbons (Fsp3) is 0.571. The molecular weight excluding hydrogens is 262 g/mol. The third-order valence-electron chi connectivity index (χ3n) is 3.29. The Morgan fingerprint density at radius 1 is 1.31 bits per heavy atom. The molecule has 0 aromatic heterocycles. The van der Waals surface area contributed by atoms with Gasteiger partial charge in [0, 0.05) is 16.6 Å². The molecule has 1 aliphatic rings. The van der Waals surface area contributed by atoms with E-state index in [0.29, 0.717) is 12.1 Å². The van der Waals surface area contributed by atoms with Crippen LogP contribution in [0.5, 0.6) is 0 Å². The van der Waals surface area contributed by atoms with Crippen LogP contribution in [0.25, 0.3) is 0 Å². The van der Waals surface area contributed by atoms with Crippen molar-refractivity contribution < 1.29 is 0 Å². The van der Waals surface area contributed by atoms with Gasteiger partial charge < -0.3 is 5.32 Å². The SMILES string of the molecule is CC(CC1CC1)N[C@@H](C)c1ccccc1Br. The number of hydrogen-bond acceptors (Lipinski definition) is 1. The van der Waals surface area contributed by atoms with E-state index in [0.717, 1.165) is 5.92 Å². The van der Waals surface area contributed by atoms with E-state index in [1.807, 2.05) is 0 Å². The van der Waals surface area contributed by atoms with Crippen molar-refractivity contribution in [2.45, 2.75) is 45.2 Å². The molecule has 1 N–H and O–H groups in total. The summed E-state index contributed by atoms with van der Waals surface area (Å²) < 4.78 is 1.20. The van der Waals surface area contributed by atoms with Crippen molar-refractivity contribution in [2.75, 3.05) is 0 Å². The Bertz CT molecular complexity index is 346. The summed E-state index contributed by atoms with van der Waals surface area (Å²) in [7, 11) is 0. The molecule has 2 rings (SSSR count). The molecule has 1 nitrogen and oxygen atoms in total. The van der Waals surface area contributed by atoms with Crippen molar-refractivity contribution in [3.8, 4) is 0 Å². The molecule has 1 aromatic carbocycles. The van der Waals surface area contributed by atoms with Crippen molar-refractivity contribution in [3.05, 3.63) is 34.3 Å². The minimum atomic E-state index is 0.421. The number of rotatable bonds is 5. The van der Waals surface area contributed by atoms with E-state index in [1.54, 1.807) is 0 Å². The summed E-state index contributed by atoms with van der Waals surface area (Å²) in [5.41, 5.74) is 1.35. The Hall–Kier alpha value is -0.340. The zero-order valence-electron chi connectivity index (χ0n) is 10.0. The highest BCUT2D eigenvalue weighted by atomic mass is 79.9.